The summed E-state index contributed by atoms with van der Waals surface area (Å²) in [4.78, 5) is 5.62. The Kier molecular flexibility index (Phi) is 4.79. The lowest BCUT2D eigenvalue weighted by Crippen LogP contribution is -2.23. The number of thiophene rings is 1. The summed E-state index contributed by atoms with van der Waals surface area (Å²) in [6, 6.07) is 2.31. The van der Waals surface area contributed by atoms with E-state index in [-0.39, 0.29) is 6.04 Å². The van der Waals surface area contributed by atoms with Crippen molar-refractivity contribution >= 4 is 33.2 Å². The highest BCUT2D eigenvalue weighted by molar-refractivity contribution is 9.10. The molecule has 2 aromatic rings. The average Bonchev–Trinajstić information content (AvgIpc) is 2.91. The van der Waals surface area contributed by atoms with Crippen LogP contribution in [0.5, 0.6) is 0 Å². The number of hydrogen-bond donors (Lipinski definition) is 1. The van der Waals surface area contributed by atoms with Gasteiger partial charge in [0.2, 0.25) is 5.95 Å². The molecule has 1 unspecified atom stereocenters. The third-order valence-corrected chi connectivity index (χ3v) is 4.42. The molecule has 4 nitrogen and oxygen atoms in total. The van der Waals surface area contributed by atoms with Crippen LogP contribution in [0.4, 0.5) is 5.95 Å². The van der Waals surface area contributed by atoms with E-state index >= 15 is 0 Å². The fraction of sp³-hybridized carbons (Fsp3) is 0.417. The molecule has 0 fully saturated rings. The lowest BCUT2D eigenvalue weighted by molar-refractivity contribution is 0.190. The summed E-state index contributed by atoms with van der Waals surface area (Å²) < 4.78 is 8.36. The molecule has 0 bridgehead atoms. The van der Waals surface area contributed by atoms with Gasteiger partial charge in [-0.15, -0.1) is 11.3 Å². The van der Waals surface area contributed by atoms with Gasteiger partial charge >= 0.3 is 0 Å². The summed E-state index contributed by atoms with van der Waals surface area (Å²) in [5.41, 5.74) is 0. The zero-order chi connectivity index (χ0) is 13.0. The summed E-state index contributed by atoms with van der Waals surface area (Å²) >= 11 is 5.29. The van der Waals surface area contributed by atoms with Crippen molar-refractivity contribution in [3.8, 4) is 0 Å². The summed E-state index contributed by atoms with van der Waals surface area (Å²) in [6.45, 7) is 3.55. The molecule has 2 heterocycles. The molecule has 0 saturated heterocycles. The van der Waals surface area contributed by atoms with Crippen LogP contribution in [0.15, 0.2) is 28.3 Å². The Bertz CT molecular complexity index is 497. The van der Waals surface area contributed by atoms with Crippen molar-refractivity contribution < 1.29 is 4.74 Å². The molecule has 98 valence electrons. The molecule has 0 radical (unpaired) electrons. The van der Waals surface area contributed by atoms with Gasteiger partial charge in [0.25, 0.3) is 0 Å². The first-order chi connectivity index (χ1) is 8.70. The van der Waals surface area contributed by atoms with Crippen molar-refractivity contribution in [3.63, 3.8) is 0 Å². The fourth-order valence-corrected chi connectivity index (χ4v) is 3.16. The maximum atomic E-state index is 5.11. The molecular weight excluding hydrogens is 314 g/mol. The average molecular weight is 330 g/mol. The van der Waals surface area contributed by atoms with Crippen molar-refractivity contribution in [2.75, 3.05) is 19.0 Å². The van der Waals surface area contributed by atoms with Crippen LogP contribution in [-0.4, -0.2) is 29.3 Å². The summed E-state index contributed by atoms with van der Waals surface area (Å²) in [5, 5.41) is 5.42. The molecule has 0 aliphatic heterocycles. The number of hydrogen-bond acceptors (Lipinski definition) is 4. The Morgan fingerprint density at radius 2 is 2.44 bits per heavy atom. The number of rotatable bonds is 6. The zero-order valence-electron chi connectivity index (χ0n) is 10.4. The molecule has 0 aliphatic rings. The number of methoxy groups -OCH3 is 1. The monoisotopic (exact) mass is 329 g/mol. The normalized spacial score (nSPS) is 12.6. The second kappa shape index (κ2) is 6.36. The van der Waals surface area contributed by atoms with Crippen molar-refractivity contribution in [2.45, 2.75) is 19.5 Å². The van der Waals surface area contributed by atoms with Crippen LogP contribution in [0.1, 0.15) is 11.8 Å². The van der Waals surface area contributed by atoms with Gasteiger partial charge in [0.15, 0.2) is 0 Å². The van der Waals surface area contributed by atoms with Gasteiger partial charge in [-0.2, -0.15) is 0 Å². The quantitative estimate of drug-likeness (QED) is 0.884. The standard InChI is InChI=1S/C12H16BrN3OS/c1-9(8-17-2)15-12-14-4-5-16(12)7-11-10(13)3-6-18-11/h3-6,9H,7-8H2,1-2H3,(H,14,15). The lowest BCUT2D eigenvalue weighted by Gasteiger charge is -2.15. The van der Waals surface area contributed by atoms with Crippen LogP contribution in [0.2, 0.25) is 0 Å². The Balaban J connectivity index is 2.06. The SMILES string of the molecule is COCC(C)Nc1nccn1Cc1sccc1Br. The van der Waals surface area contributed by atoms with Crippen molar-refractivity contribution in [3.05, 3.63) is 33.2 Å². The Morgan fingerprint density at radius 1 is 1.61 bits per heavy atom. The van der Waals surface area contributed by atoms with E-state index in [0.717, 1.165) is 17.0 Å². The topological polar surface area (TPSA) is 39.1 Å². The van der Waals surface area contributed by atoms with Gasteiger partial charge in [-0.3, -0.25) is 0 Å². The molecular formula is C12H16BrN3OS. The van der Waals surface area contributed by atoms with Gasteiger partial charge in [-0.1, -0.05) is 0 Å². The summed E-state index contributed by atoms with van der Waals surface area (Å²) in [7, 11) is 1.70. The number of nitrogens with one attached hydrogen (secondary N) is 1. The van der Waals surface area contributed by atoms with Crippen LogP contribution in [0.25, 0.3) is 0 Å². The van der Waals surface area contributed by atoms with Gasteiger partial charge < -0.3 is 14.6 Å². The highest BCUT2D eigenvalue weighted by Crippen LogP contribution is 2.24. The van der Waals surface area contributed by atoms with Crippen LogP contribution in [0, 0.1) is 0 Å². The Morgan fingerprint density at radius 3 is 3.11 bits per heavy atom. The molecule has 0 amide bonds. The number of ether oxygens (including phenoxy) is 1. The minimum atomic E-state index is 0.239. The maximum Gasteiger partial charge on any atom is 0.203 e. The van der Waals surface area contributed by atoms with E-state index in [1.807, 2.05) is 12.4 Å². The Labute approximate surface area is 119 Å². The second-order valence-corrected chi connectivity index (χ2v) is 5.93. The van der Waals surface area contributed by atoms with Crippen LogP contribution < -0.4 is 5.32 Å². The van der Waals surface area contributed by atoms with Gasteiger partial charge in [0, 0.05) is 34.9 Å². The molecule has 2 rings (SSSR count). The molecule has 1 N–H and O–H groups in total. The second-order valence-electron chi connectivity index (χ2n) is 4.07. The number of imidazole rings is 1. The first kappa shape index (κ1) is 13.6. The highest BCUT2D eigenvalue weighted by atomic mass is 79.9. The first-order valence-corrected chi connectivity index (χ1v) is 7.36. The molecule has 0 saturated carbocycles. The van der Waals surface area contributed by atoms with Gasteiger partial charge in [0.1, 0.15) is 0 Å². The van der Waals surface area contributed by atoms with Crippen LogP contribution in [0.3, 0.4) is 0 Å². The molecule has 0 aliphatic carbocycles. The lowest BCUT2D eigenvalue weighted by atomic mass is 10.4. The van der Waals surface area contributed by atoms with Gasteiger partial charge in [0.05, 0.1) is 13.2 Å². The molecule has 6 heteroatoms. The summed E-state index contributed by atoms with van der Waals surface area (Å²) in [6.07, 6.45) is 3.79. The van der Waals surface area contributed by atoms with Crippen molar-refractivity contribution in [1.29, 1.82) is 0 Å². The number of anilines is 1. The van der Waals surface area contributed by atoms with E-state index in [1.165, 1.54) is 4.88 Å². The van der Waals surface area contributed by atoms with Crippen molar-refractivity contribution in [1.82, 2.24) is 9.55 Å². The molecule has 1 atom stereocenters. The number of nitrogens with zero attached hydrogens (tertiary/aromatic N) is 2. The maximum absolute atomic E-state index is 5.11. The highest BCUT2D eigenvalue weighted by Gasteiger charge is 2.09. The van der Waals surface area contributed by atoms with E-state index in [2.05, 4.69) is 49.2 Å². The third kappa shape index (κ3) is 3.34. The smallest absolute Gasteiger partial charge is 0.203 e. The van der Waals surface area contributed by atoms with Crippen LogP contribution >= 0.6 is 27.3 Å². The Hall–Kier alpha value is -0.850. The van der Waals surface area contributed by atoms with E-state index in [4.69, 9.17) is 4.74 Å². The largest absolute Gasteiger partial charge is 0.383 e. The minimum Gasteiger partial charge on any atom is -0.383 e. The van der Waals surface area contributed by atoms with Crippen LogP contribution in [-0.2, 0) is 11.3 Å². The van der Waals surface area contributed by atoms with E-state index in [1.54, 1.807) is 18.4 Å². The van der Waals surface area contributed by atoms with Gasteiger partial charge in [-0.25, -0.2) is 4.98 Å². The first-order valence-electron chi connectivity index (χ1n) is 5.69. The molecule has 0 spiro atoms. The predicted molar refractivity (Wildman–Crippen MR) is 78.3 cm³/mol. The zero-order valence-corrected chi connectivity index (χ0v) is 12.8. The molecule has 18 heavy (non-hydrogen) atoms. The molecule has 0 aromatic carbocycles. The van der Waals surface area contributed by atoms with Crippen molar-refractivity contribution in [2.24, 2.45) is 0 Å². The van der Waals surface area contributed by atoms with E-state index in [9.17, 15) is 0 Å². The molecule has 2 aromatic heterocycles. The number of halogens is 1. The summed E-state index contributed by atoms with van der Waals surface area (Å²) in [5.74, 6) is 0.875. The number of aromatic nitrogens is 2. The predicted octanol–water partition coefficient (Wildman–Crippen LogP) is 3.20. The van der Waals surface area contributed by atoms with Gasteiger partial charge in [-0.05, 0) is 34.3 Å². The third-order valence-electron chi connectivity index (χ3n) is 2.51. The van der Waals surface area contributed by atoms with E-state index < -0.39 is 0 Å². The minimum absolute atomic E-state index is 0.239. The van der Waals surface area contributed by atoms with E-state index in [0.29, 0.717) is 6.61 Å². The fourth-order valence-electron chi connectivity index (χ4n) is 1.68.